The van der Waals surface area contributed by atoms with Crippen molar-refractivity contribution in [3.8, 4) is 0 Å². The van der Waals surface area contributed by atoms with E-state index in [1.54, 1.807) is 6.20 Å². The van der Waals surface area contributed by atoms with E-state index in [0.717, 1.165) is 36.2 Å². The summed E-state index contributed by atoms with van der Waals surface area (Å²) >= 11 is 5.93. The number of piperidine rings is 1. The normalized spacial score (nSPS) is 19.9. The molecule has 23 heavy (non-hydrogen) atoms. The molecule has 5 nitrogen and oxygen atoms in total. The van der Waals surface area contributed by atoms with E-state index in [4.69, 9.17) is 11.6 Å². The average Bonchev–Trinajstić information content (AvgIpc) is 2.93. The van der Waals surface area contributed by atoms with Crippen molar-refractivity contribution in [2.45, 2.75) is 30.6 Å². The molecule has 1 aromatic heterocycles. The second-order valence-electron chi connectivity index (χ2n) is 5.74. The predicted molar refractivity (Wildman–Crippen MR) is 85.5 cm³/mol. The highest BCUT2D eigenvalue weighted by Crippen LogP contribution is 2.32. The topological polar surface area (TPSA) is 66.1 Å². The van der Waals surface area contributed by atoms with Gasteiger partial charge in [-0.05, 0) is 43.5 Å². The number of hydrogen-bond acceptors (Lipinski definition) is 3. The number of aromatic amines is 1. The number of aromatic nitrogens is 2. The Bertz CT molecular complexity index is 822. The third kappa shape index (κ3) is 3.13. The predicted octanol–water partition coefficient (Wildman–Crippen LogP) is 3.08. The molecule has 1 atom stereocenters. The lowest BCUT2D eigenvalue weighted by atomic mass is 9.94. The second-order valence-corrected chi connectivity index (χ2v) is 8.06. The summed E-state index contributed by atoms with van der Waals surface area (Å²) in [4.78, 5) is -0.0532. The number of hydrogen-bond donors (Lipinski definition) is 1. The van der Waals surface area contributed by atoms with Crippen molar-refractivity contribution in [3.05, 3.63) is 46.5 Å². The molecule has 0 amide bonds. The Morgan fingerprint density at radius 3 is 2.87 bits per heavy atom. The number of nitrogens with zero attached hydrogens (tertiary/aromatic N) is 2. The Kier molecular flexibility index (Phi) is 4.44. The molecular weight excluding hydrogens is 341 g/mol. The van der Waals surface area contributed by atoms with E-state index in [1.165, 1.54) is 10.4 Å². The molecule has 124 valence electrons. The quantitative estimate of drug-likeness (QED) is 0.918. The number of rotatable bonds is 3. The molecule has 1 aliphatic rings. The smallest absolute Gasteiger partial charge is 0.244 e. The van der Waals surface area contributed by atoms with Gasteiger partial charge in [0.2, 0.25) is 10.0 Å². The van der Waals surface area contributed by atoms with Gasteiger partial charge in [0.25, 0.3) is 0 Å². The van der Waals surface area contributed by atoms with E-state index < -0.39 is 15.8 Å². The molecule has 1 fully saturated rings. The number of halogens is 2. The summed E-state index contributed by atoms with van der Waals surface area (Å²) in [5, 5.41) is 6.88. The summed E-state index contributed by atoms with van der Waals surface area (Å²) in [5.74, 6) is -0.487. The molecule has 2 heterocycles. The van der Waals surface area contributed by atoms with E-state index in [2.05, 4.69) is 10.2 Å². The van der Waals surface area contributed by atoms with Crippen LogP contribution in [0.3, 0.4) is 0 Å². The molecule has 0 unspecified atom stereocenters. The summed E-state index contributed by atoms with van der Waals surface area (Å²) in [6.07, 6.45) is 3.38. The molecular formula is C15H17ClFN3O2S. The largest absolute Gasteiger partial charge is 0.282 e. The van der Waals surface area contributed by atoms with Crippen molar-refractivity contribution >= 4 is 21.6 Å². The van der Waals surface area contributed by atoms with Gasteiger partial charge in [-0.15, -0.1) is 0 Å². The molecule has 1 aliphatic heterocycles. The highest BCUT2D eigenvalue weighted by atomic mass is 35.5. The van der Waals surface area contributed by atoms with Crippen LogP contribution in [0.1, 0.15) is 30.0 Å². The van der Waals surface area contributed by atoms with Crippen molar-refractivity contribution in [2.24, 2.45) is 0 Å². The minimum Gasteiger partial charge on any atom is -0.282 e. The monoisotopic (exact) mass is 357 g/mol. The summed E-state index contributed by atoms with van der Waals surface area (Å²) in [5.41, 5.74) is 1.99. The van der Waals surface area contributed by atoms with Gasteiger partial charge in [-0.3, -0.25) is 5.10 Å². The van der Waals surface area contributed by atoms with E-state index >= 15 is 0 Å². The molecule has 0 radical (unpaired) electrons. The fourth-order valence-corrected chi connectivity index (χ4v) is 5.02. The van der Waals surface area contributed by atoms with Gasteiger partial charge >= 0.3 is 0 Å². The highest BCUT2D eigenvalue weighted by Gasteiger charge is 2.33. The Hall–Kier alpha value is -1.44. The van der Waals surface area contributed by atoms with Gasteiger partial charge in [0, 0.05) is 24.7 Å². The van der Waals surface area contributed by atoms with Gasteiger partial charge in [-0.1, -0.05) is 11.6 Å². The lowest BCUT2D eigenvalue weighted by Crippen LogP contribution is -2.39. The summed E-state index contributed by atoms with van der Waals surface area (Å²) < 4.78 is 40.2. The van der Waals surface area contributed by atoms with Crippen LogP contribution in [0.2, 0.25) is 5.02 Å². The summed E-state index contributed by atoms with van der Waals surface area (Å²) in [6, 6.07) is 3.35. The third-order valence-corrected chi connectivity index (χ3v) is 6.52. The van der Waals surface area contributed by atoms with Gasteiger partial charge in [0.15, 0.2) is 0 Å². The van der Waals surface area contributed by atoms with Crippen molar-refractivity contribution in [2.75, 3.05) is 13.1 Å². The molecule has 0 bridgehead atoms. The zero-order chi connectivity index (χ0) is 16.6. The van der Waals surface area contributed by atoms with Gasteiger partial charge in [0.05, 0.1) is 11.2 Å². The van der Waals surface area contributed by atoms with Crippen LogP contribution >= 0.6 is 11.6 Å². The van der Waals surface area contributed by atoms with Crippen molar-refractivity contribution in [1.82, 2.24) is 14.5 Å². The summed E-state index contributed by atoms with van der Waals surface area (Å²) in [7, 11) is -3.75. The van der Waals surface area contributed by atoms with Gasteiger partial charge in [-0.25, -0.2) is 12.8 Å². The minimum absolute atomic E-state index is 0.0532. The van der Waals surface area contributed by atoms with Crippen LogP contribution in [0.5, 0.6) is 0 Å². The maximum Gasteiger partial charge on any atom is 0.244 e. The Morgan fingerprint density at radius 2 is 2.22 bits per heavy atom. The third-order valence-electron chi connectivity index (χ3n) is 4.17. The Morgan fingerprint density at radius 1 is 1.43 bits per heavy atom. The van der Waals surface area contributed by atoms with Gasteiger partial charge in [-0.2, -0.15) is 9.40 Å². The molecule has 1 aromatic carbocycles. The SMILES string of the molecule is Cc1cn[nH]c1[C@@H]1CCCN(S(=O)(=O)c2ccc(F)cc2Cl)C1. The molecule has 0 spiro atoms. The lowest BCUT2D eigenvalue weighted by Gasteiger charge is -2.32. The zero-order valence-electron chi connectivity index (χ0n) is 12.6. The van der Waals surface area contributed by atoms with Crippen LogP contribution in [0.4, 0.5) is 4.39 Å². The maximum absolute atomic E-state index is 13.2. The van der Waals surface area contributed by atoms with Gasteiger partial charge < -0.3 is 0 Å². The van der Waals surface area contributed by atoms with Crippen LogP contribution < -0.4 is 0 Å². The maximum atomic E-state index is 13.2. The number of nitrogens with one attached hydrogen (secondary N) is 1. The van der Waals surface area contributed by atoms with E-state index in [0.29, 0.717) is 13.1 Å². The number of benzene rings is 1. The molecule has 8 heteroatoms. The van der Waals surface area contributed by atoms with E-state index in [-0.39, 0.29) is 15.8 Å². The molecule has 1 saturated heterocycles. The highest BCUT2D eigenvalue weighted by molar-refractivity contribution is 7.89. The second kappa shape index (κ2) is 6.22. The standard InChI is InChI=1S/C15H17ClFN3O2S/c1-10-8-18-19-15(10)11-3-2-6-20(9-11)23(21,22)14-5-4-12(17)7-13(14)16/h4-5,7-8,11H,2-3,6,9H2,1H3,(H,18,19)/t11-/m1/s1. The van der Waals surface area contributed by atoms with Gasteiger partial charge in [0.1, 0.15) is 10.7 Å². The van der Waals surface area contributed by atoms with Crippen molar-refractivity contribution in [3.63, 3.8) is 0 Å². The minimum atomic E-state index is -3.75. The number of sulfonamides is 1. The van der Waals surface area contributed by atoms with Crippen molar-refractivity contribution < 1.29 is 12.8 Å². The van der Waals surface area contributed by atoms with E-state index in [9.17, 15) is 12.8 Å². The Balaban J connectivity index is 1.89. The first-order valence-electron chi connectivity index (χ1n) is 7.34. The number of aryl methyl sites for hydroxylation is 1. The first-order chi connectivity index (χ1) is 10.9. The van der Waals surface area contributed by atoms with Crippen molar-refractivity contribution in [1.29, 1.82) is 0 Å². The number of H-pyrrole nitrogens is 1. The molecule has 1 N–H and O–H groups in total. The molecule has 0 saturated carbocycles. The fraction of sp³-hybridized carbons (Fsp3) is 0.400. The Labute approximate surface area is 139 Å². The first-order valence-corrected chi connectivity index (χ1v) is 9.16. The average molecular weight is 358 g/mol. The van der Waals surface area contributed by atoms with Crippen LogP contribution in [-0.2, 0) is 10.0 Å². The first kappa shape index (κ1) is 16.4. The zero-order valence-corrected chi connectivity index (χ0v) is 14.2. The summed E-state index contributed by atoms with van der Waals surface area (Å²) in [6.45, 7) is 2.74. The van der Waals surface area contributed by atoms with E-state index in [1.807, 2.05) is 6.92 Å². The fourth-order valence-electron chi connectivity index (χ4n) is 2.99. The molecule has 0 aliphatic carbocycles. The molecule has 2 aromatic rings. The van der Waals surface area contributed by atoms with Crippen LogP contribution in [0, 0.1) is 12.7 Å². The van der Waals surface area contributed by atoms with Crippen LogP contribution in [0.25, 0.3) is 0 Å². The van der Waals surface area contributed by atoms with Crippen LogP contribution in [0.15, 0.2) is 29.3 Å². The lowest BCUT2D eigenvalue weighted by molar-refractivity contribution is 0.312. The molecule has 3 rings (SSSR count). The van der Waals surface area contributed by atoms with Crippen LogP contribution in [-0.4, -0.2) is 36.0 Å².